The Morgan fingerprint density at radius 3 is 1.95 bits per heavy atom. The van der Waals surface area contributed by atoms with Crippen molar-refractivity contribution in [2.75, 3.05) is 39.3 Å². The molecule has 0 amide bonds. The molecule has 0 aromatic rings. The number of hydrogen-bond acceptors (Lipinski definition) is 15. The van der Waals surface area contributed by atoms with Gasteiger partial charge in [-0.2, -0.15) is 4.99 Å². The average Bonchev–Trinajstić information content (AvgIpc) is 3.74. The van der Waals surface area contributed by atoms with Crippen LogP contribution >= 0.6 is 0 Å². The van der Waals surface area contributed by atoms with Crippen LogP contribution in [-0.2, 0) is 19.2 Å². The molecular weight excluding hydrogens is 792 g/mol. The number of β-amino-alcohol motifs (C(OH)–C–C–N with tert-alkyl or cyclic N) is 2. The molecule has 0 aliphatic carbocycles. The number of aliphatic hydroxyl groups excluding tert-OH is 4. The predicted octanol–water partition coefficient (Wildman–Crippen LogP) is -8.97. The number of nitrogens with two attached hydrogens (primary N) is 2. The van der Waals surface area contributed by atoms with E-state index in [0.29, 0.717) is 95.3 Å². The lowest BCUT2D eigenvalue weighted by molar-refractivity contribution is -0.539. The third-order valence-electron chi connectivity index (χ3n) is 10.7. The highest BCUT2D eigenvalue weighted by Gasteiger charge is 2.42. The van der Waals surface area contributed by atoms with Crippen molar-refractivity contribution < 1.29 is 76.1 Å². The van der Waals surface area contributed by atoms with Gasteiger partial charge in [0.1, 0.15) is 24.5 Å². The Kier molecular flexibility index (Phi) is 20.4. The van der Waals surface area contributed by atoms with Crippen LogP contribution in [0.1, 0.15) is 77.0 Å². The molecule has 24 heteroatoms. The number of rotatable bonds is 22. The Labute approximate surface area is 347 Å². The Morgan fingerprint density at radius 1 is 0.767 bits per heavy atom. The summed E-state index contributed by atoms with van der Waals surface area (Å²) < 4.78 is 1.97. The van der Waals surface area contributed by atoms with Crippen molar-refractivity contribution in [3.63, 3.8) is 0 Å². The van der Waals surface area contributed by atoms with Crippen LogP contribution in [0.2, 0.25) is 0 Å². The molecule has 4 heterocycles. The zero-order valence-electron chi connectivity index (χ0n) is 33.9. The minimum Gasteiger partial charge on any atom is -0.548 e. The van der Waals surface area contributed by atoms with Gasteiger partial charge in [-0.1, -0.05) is 0 Å². The largest absolute Gasteiger partial charge is 0.548 e. The molecule has 4 aliphatic heterocycles. The molecule has 0 unspecified atom stereocenters. The Balaban J connectivity index is 0.000000320. The molecule has 60 heavy (non-hydrogen) atoms. The summed E-state index contributed by atoms with van der Waals surface area (Å²) in [5.41, 5.74) is 18.1. The Hall–Kier alpha value is -4.56. The van der Waals surface area contributed by atoms with E-state index in [1.807, 2.05) is 9.48 Å². The van der Waals surface area contributed by atoms with Gasteiger partial charge in [-0.3, -0.25) is 9.57 Å². The zero-order valence-corrected chi connectivity index (χ0v) is 33.9. The number of guanidine groups is 2. The van der Waals surface area contributed by atoms with E-state index in [2.05, 4.69) is 42.4 Å². The molecule has 19 N–H and O–H groups in total. The highest BCUT2D eigenvalue weighted by molar-refractivity contribution is 6.07. The summed E-state index contributed by atoms with van der Waals surface area (Å²) in [5, 5.41) is 89.4. The van der Waals surface area contributed by atoms with Crippen molar-refractivity contribution in [3.05, 3.63) is 0 Å². The first-order valence-corrected chi connectivity index (χ1v) is 20.5. The number of carbonyl (C=O) groups excluding carboxylic acids is 2. The lowest BCUT2D eigenvalue weighted by Crippen LogP contribution is -2.64. The monoisotopic (exact) mass is 857 g/mol. The highest BCUT2D eigenvalue weighted by atomic mass is 16.4. The average molecular weight is 858 g/mol. The molecule has 4 aliphatic rings. The standard InChI is InChI=1S/2C18H32N6O6/c2*19-10(16(27)28)4-1-2-7-24-9-14(26)13(25)8-12-15(24)23-18(22-12)21-6-3-5-11(20)17(29)30/h10-14,25-26H,1-9,19-20H2,(H,21,22)(H,27,28)(H,29,30);10-14,25-26H,1-9,19-20H2,(H3,21,22,27,28,29,30)/p+1/t2*10-,11-,12-,13-,14+/m00/s1. The van der Waals surface area contributed by atoms with Crippen LogP contribution in [0.4, 0.5) is 0 Å². The summed E-state index contributed by atoms with van der Waals surface area (Å²) in [7, 11) is 0. The van der Waals surface area contributed by atoms with Gasteiger partial charge in [-0.05, 0) is 51.4 Å². The number of carboxylic acid groups (broad SMARTS) is 4. The van der Waals surface area contributed by atoms with Crippen molar-refractivity contribution in [1.29, 1.82) is 0 Å². The van der Waals surface area contributed by atoms with Crippen LogP contribution in [0, 0.1) is 0 Å². The van der Waals surface area contributed by atoms with Crippen molar-refractivity contribution in [1.82, 2.24) is 20.9 Å². The van der Waals surface area contributed by atoms with Crippen LogP contribution in [0.3, 0.4) is 0 Å². The fourth-order valence-corrected chi connectivity index (χ4v) is 6.98. The van der Waals surface area contributed by atoms with Gasteiger partial charge in [0.2, 0.25) is 5.96 Å². The smallest absolute Gasteiger partial charge is 0.362 e. The Morgan fingerprint density at radius 2 is 1.32 bits per heavy atom. The summed E-state index contributed by atoms with van der Waals surface area (Å²) in [6.07, 6.45) is 2.10. The number of likely N-dealkylation sites (tertiary alicyclic amines) is 1. The number of nitrogens with one attached hydrogen (secondary N) is 3. The first-order chi connectivity index (χ1) is 28.4. The molecule has 0 aromatic heterocycles. The summed E-state index contributed by atoms with van der Waals surface area (Å²) >= 11 is 0. The van der Waals surface area contributed by atoms with Crippen LogP contribution in [-0.4, -0.2) is 188 Å². The quantitative estimate of drug-likeness (QED) is 0.0355. The van der Waals surface area contributed by atoms with Gasteiger partial charge >= 0.3 is 11.9 Å². The summed E-state index contributed by atoms with van der Waals surface area (Å²) in [5.74, 6) is -1.99. The minimum atomic E-state index is -1.30. The highest BCUT2D eigenvalue weighted by Crippen LogP contribution is 2.20. The van der Waals surface area contributed by atoms with E-state index in [-0.39, 0.29) is 44.4 Å². The second-order valence-corrected chi connectivity index (χ2v) is 15.6. The zero-order chi connectivity index (χ0) is 44.5. The molecule has 10 atom stereocenters. The SMILES string of the molecule is N[C@@H](CCCCN1C[C@@H](O)[C@@H](O)C[C@@H]2NC(=NCCC[C@H](N)C(=O)[O-])N=C21)C(=O)[O-].[NH3+][C@@H](CCCC[N+]1=C2NC(=NCCC[C@H]([NH3+])C(=O)O)N[C@H]2C[C@H](O)[C@H](O)C1)C(=O)O. The summed E-state index contributed by atoms with van der Waals surface area (Å²) in [6.45, 7) is 2.35. The maximum atomic E-state index is 10.9. The van der Waals surface area contributed by atoms with Gasteiger partial charge in [-0.25, -0.2) is 19.9 Å². The number of aliphatic carboxylic acids is 4. The molecule has 0 spiro atoms. The van der Waals surface area contributed by atoms with Gasteiger partial charge in [0.25, 0.3) is 11.8 Å². The topological polar surface area (TPSA) is 423 Å². The molecule has 2 fully saturated rings. The van der Waals surface area contributed by atoms with E-state index >= 15 is 0 Å². The van der Waals surface area contributed by atoms with Crippen molar-refractivity contribution in [2.24, 2.45) is 26.4 Å². The Bertz CT molecular complexity index is 1580. The van der Waals surface area contributed by atoms with Crippen molar-refractivity contribution >= 4 is 47.5 Å². The van der Waals surface area contributed by atoms with Crippen molar-refractivity contribution in [2.45, 2.75) is 138 Å². The number of hydrogen-bond donors (Lipinski definition) is 13. The minimum absolute atomic E-state index is 0.193. The molecule has 2 saturated heterocycles. The number of quaternary nitrogens is 2. The molecule has 0 aromatic carbocycles. The molecular formula is C36H65N12O12+. The van der Waals surface area contributed by atoms with E-state index in [1.165, 1.54) is 0 Å². The molecule has 0 bridgehead atoms. The van der Waals surface area contributed by atoms with Gasteiger partial charge < -0.3 is 88.9 Å². The van der Waals surface area contributed by atoms with E-state index < -0.39 is 72.5 Å². The third kappa shape index (κ3) is 16.1. The van der Waals surface area contributed by atoms with Gasteiger partial charge in [0, 0.05) is 63.9 Å². The summed E-state index contributed by atoms with van der Waals surface area (Å²) in [4.78, 5) is 58.1. The summed E-state index contributed by atoms with van der Waals surface area (Å²) in [6, 6.07) is -3.85. The number of nitrogens with zero attached hydrogens (tertiary/aromatic N) is 5. The first kappa shape index (κ1) is 49.8. The van der Waals surface area contributed by atoms with Crippen LogP contribution < -0.4 is 49.1 Å². The fourth-order valence-electron chi connectivity index (χ4n) is 6.98. The van der Waals surface area contributed by atoms with E-state index in [0.717, 1.165) is 12.3 Å². The normalized spacial score (nSPS) is 27.1. The number of carboxylic acids is 4. The van der Waals surface area contributed by atoms with Crippen LogP contribution in [0.25, 0.3) is 0 Å². The van der Waals surface area contributed by atoms with Gasteiger partial charge in [0.15, 0.2) is 12.1 Å². The van der Waals surface area contributed by atoms with E-state index in [1.54, 1.807) is 0 Å². The number of aliphatic hydroxyl groups is 4. The van der Waals surface area contributed by atoms with Gasteiger partial charge in [-0.15, -0.1) is 0 Å². The lowest BCUT2D eigenvalue weighted by Gasteiger charge is -2.26. The number of aliphatic imine (C=N–C) groups is 3. The third-order valence-corrected chi connectivity index (χ3v) is 10.7. The van der Waals surface area contributed by atoms with Crippen molar-refractivity contribution in [3.8, 4) is 0 Å². The number of carbonyl (C=O) groups is 4. The molecule has 24 nitrogen and oxygen atoms in total. The second kappa shape index (κ2) is 24.6. The first-order valence-electron chi connectivity index (χ1n) is 20.5. The van der Waals surface area contributed by atoms with Gasteiger partial charge in [0.05, 0.1) is 42.8 Å². The predicted molar refractivity (Wildman–Crippen MR) is 210 cm³/mol. The number of amidine groups is 2. The maximum Gasteiger partial charge on any atom is 0.362 e. The molecule has 340 valence electrons. The lowest BCUT2D eigenvalue weighted by atomic mass is 10.1. The van der Waals surface area contributed by atoms with E-state index in [9.17, 15) is 49.8 Å². The second-order valence-electron chi connectivity index (χ2n) is 15.6. The molecule has 0 radical (unpaired) electrons. The van der Waals surface area contributed by atoms with E-state index in [4.69, 9.17) is 21.7 Å². The van der Waals surface area contributed by atoms with Crippen LogP contribution in [0.15, 0.2) is 15.0 Å². The fraction of sp³-hybridized carbons (Fsp3) is 0.778. The number of unbranched alkanes of at least 4 members (excludes halogenated alkanes) is 2. The molecule has 4 rings (SSSR count). The number of fused-ring (bicyclic) bond motifs is 2. The maximum absolute atomic E-state index is 10.9. The van der Waals surface area contributed by atoms with Crippen LogP contribution in [0.5, 0.6) is 0 Å². The molecule has 0 saturated carbocycles.